The molecule has 1 atom stereocenters. The van der Waals surface area contributed by atoms with Gasteiger partial charge >= 0.3 is 0 Å². The maximum absolute atomic E-state index is 4.85. The molecule has 104 valence electrons. The molecule has 18 heavy (non-hydrogen) atoms. The molecular weight excluding hydrogens is 242 g/mol. The van der Waals surface area contributed by atoms with Gasteiger partial charge in [0, 0.05) is 18.9 Å². The van der Waals surface area contributed by atoms with E-state index in [1.807, 2.05) is 20.2 Å². The number of rotatable bonds is 5. The van der Waals surface area contributed by atoms with Crippen LogP contribution >= 0.6 is 12.2 Å². The minimum absolute atomic E-state index is 0.750. The Kier molecular flexibility index (Phi) is 12.0. The van der Waals surface area contributed by atoms with Gasteiger partial charge in [-0.2, -0.15) is 0 Å². The van der Waals surface area contributed by atoms with Gasteiger partial charge in [-0.05, 0) is 44.6 Å². The second kappa shape index (κ2) is 12.6. The normalized spacial score (nSPS) is 19.3. The standard InChI is InChI=1S/C12H20N2S.C2H7N/c1-13-12(9-14-10-15)8-11-6-4-2-3-5-7-11;1-2-3/h2,4,9-11,13H,3,5-8H2,1H3,(H,14,15);2-3H2,1H3/b12-9-;. The first kappa shape index (κ1) is 17.1. The number of hydrogen-bond donors (Lipinski definition) is 3. The maximum atomic E-state index is 4.85. The fraction of sp³-hybridized carbons (Fsp3) is 0.643. The van der Waals surface area contributed by atoms with Gasteiger partial charge < -0.3 is 16.4 Å². The number of thiocarbonyl (C=S) groups is 1. The molecule has 0 fully saturated rings. The molecule has 1 unspecified atom stereocenters. The van der Waals surface area contributed by atoms with E-state index in [2.05, 4.69) is 22.8 Å². The number of nitrogens with one attached hydrogen (secondary N) is 2. The van der Waals surface area contributed by atoms with Crippen LogP contribution < -0.4 is 16.4 Å². The van der Waals surface area contributed by atoms with Crippen LogP contribution in [0.5, 0.6) is 0 Å². The molecule has 0 heterocycles. The van der Waals surface area contributed by atoms with Crippen molar-refractivity contribution in [2.24, 2.45) is 11.7 Å². The molecule has 0 spiro atoms. The Morgan fingerprint density at radius 3 is 2.83 bits per heavy atom. The maximum Gasteiger partial charge on any atom is 0.0654 e. The van der Waals surface area contributed by atoms with Gasteiger partial charge in [-0.3, -0.25) is 0 Å². The molecule has 1 aliphatic rings. The average Bonchev–Trinajstić information content (AvgIpc) is 2.64. The van der Waals surface area contributed by atoms with Crippen molar-refractivity contribution in [3.63, 3.8) is 0 Å². The number of nitrogens with two attached hydrogens (primary N) is 1. The molecule has 4 N–H and O–H groups in total. The molecule has 0 saturated carbocycles. The van der Waals surface area contributed by atoms with Crippen molar-refractivity contribution in [3.8, 4) is 0 Å². The highest BCUT2D eigenvalue weighted by Gasteiger charge is 2.10. The lowest BCUT2D eigenvalue weighted by Crippen LogP contribution is -2.14. The summed E-state index contributed by atoms with van der Waals surface area (Å²) < 4.78 is 0. The summed E-state index contributed by atoms with van der Waals surface area (Å²) in [6.07, 6.45) is 12.8. The molecule has 0 aromatic rings. The lowest BCUT2D eigenvalue weighted by Gasteiger charge is -2.15. The molecule has 1 aliphatic carbocycles. The van der Waals surface area contributed by atoms with E-state index in [4.69, 9.17) is 18.0 Å². The zero-order chi connectivity index (χ0) is 13.6. The van der Waals surface area contributed by atoms with Gasteiger partial charge in [-0.1, -0.05) is 31.3 Å². The first-order chi connectivity index (χ1) is 8.78. The lowest BCUT2D eigenvalue weighted by molar-refractivity contribution is 0.472. The fourth-order valence-corrected chi connectivity index (χ4v) is 1.98. The molecule has 0 radical (unpaired) electrons. The van der Waals surface area contributed by atoms with Crippen molar-refractivity contribution in [3.05, 3.63) is 24.0 Å². The Balaban J connectivity index is 0.000000873. The Labute approximate surface area is 117 Å². The molecule has 0 amide bonds. The number of hydrogen-bond acceptors (Lipinski definition) is 3. The van der Waals surface area contributed by atoms with Crippen molar-refractivity contribution in [1.82, 2.24) is 10.6 Å². The lowest BCUT2D eigenvalue weighted by atomic mass is 9.95. The molecule has 0 aliphatic heterocycles. The highest BCUT2D eigenvalue weighted by Crippen LogP contribution is 2.23. The van der Waals surface area contributed by atoms with Gasteiger partial charge in [0.2, 0.25) is 0 Å². The monoisotopic (exact) mass is 269 g/mol. The molecule has 0 bridgehead atoms. The van der Waals surface area contributed by atoms with E-state index in [1.165, 1.54) is 36.9 Å². The summed E-state index contributed by atoms with van der Waals surface area (Å²) in [5.41, 5.74) is 7.61. The summed E-state index contributed by atoms with van der Waals surface area (Å²) in [6, 6.07) is 0. The second-order valence-corrected chi connectivity index (χ2v) is 4.56. The smallest absolute Gasteiger partial charge is 0.0654 e. The van der Waals surface area contributed by atoms with Crippen LogP contribution in [0.25, 0.3) is 0 Å². The van der Waals surface area contributed by atoms with Crippen molar-refractivity contribution in [1.29, 1.82) is 0 Å². The molecule has 4 heteroatoms. The average molecular weight is 269 g/mol. The predicted molar refractivity (Wildman–Crippen MR) is 84.4 cm³/mol. The minimum atomic E-state index is 0.750. The third kappa shape index (κ3) is 9.19. The fourth-order valence-electron chi connectivity index (χ4n) is 1.91. The van der Waals surface area contributed by atoms with E-state index >= 15 is 0 Å². The van der Waals surface area contributed by atoms with Crippen molar-refractivity contribution in [2.45, 2.75) is 39.0 Å². The van der Waals surface area contributed by atoms with Gasteiger partial charge in [0.05, 0.1) is 5.49 Å². The highest BCUT2D eigenvalue weighted by molar-refractivity contribution is 7.78. The van der Waals surface area contributed by atoms with Gasteiger partial charge in [0.15, 0.2) is 0 Å². The summed E-state index contributed by atoms with van der Waals surface area (Å²) in [4.78, 5) is 0. The summed E-state index contributed by atoms with van der Waals surface area (Å²) in [5, 5.41) is 6.16. The third-order valence-electron chi connectivity index (χ3n) is 2.77. The minimum Gasteiger partial charge on any atom is -0.390 e. The van der Waals surface area contributed by atoms with E-state index in [1.54, 1.807) is 0 Å². The molecule has 0 aromatic carbocycles. The summed E-state index contributed by atoms with van der Waals surface area (Å²) >= 11 is 4.72. The quantitative estimate of drug-likeness (QED) is 0.530. The number of allylic oxidation sites excluding steroid dienone is 3. The Morgan fingerprint density at radius 1 is 1.50 bits per heavy atom. The van der Waals surface area contributed by atoms with E-state index < -0.39 is 0 Å². The van der Waals surface area contributed by atoms with Crippen LogP contribution in [-0.2, 0) is 0 Å². The van der Waals surface area contributed by atoms with Crippen molar-refractivity contribution >= 4 is 17.7 Å². The Hall–Kier alpha value is -0.870. The molecule has 3 nitrogen and oxygen atoms in total. The van der Waals surface area contributed by atoms with Crippen LogP contribution in [0.2, 0.25) is 0 Å². The van der Waals surface area contributed by atoms with Gasteiger partial charge in [-0.25, -0.2) is 0 Å². The third-order valence-corrected chi connectivity index (χ3v) is 2.91. The topological polar surface area (TPSA) is 50.1 Å². The van der Waals surface area contributed by atoms with Gasteiger partial charge in [0.25, 0.3) is 0 Å². The molecule has 0 saturated heterocycles. The van der Waals surface area contributed by atoms with Crippen molar-refractivity contribution < 1.29 is 0 Å². The highest BCUT2D eigenvalue weighted by atomic mass is 32.1. The van der Waals surface area contributed by atoms with E-state index in [9.17, 15) is 0 Å². The largest absolute Gasteiger partial charge is 0.390 e. The van der Waals surface area contributed by atoms with Gasteiger partial charge in [0.1, 0.15) is 0 Å². The van der Waals surface area contributed by atoms with Crippen LogP contribution in [0.4, 0.5) is 0 Å². The zero-order valence-corrected chi connectivity index (χ0v) is 12.4. The van der Waals surface area contributed by atoms with Crippen LogP contribution in [0, 0.1) is 5.92 Å². The second-order valence-electron chi connectivity index (χ2n) is 4.32. The molecule has 1 rings (SSSR count). The van der Waals surface area contributed by atoms with Gasteiger partial charge in [-0.15, -0.1) is 0 Å². The summed E-state index contributed by atoms with van der Waals surface area (Å²) in [6.45, 7) is 2.65. The SMILES string of the molecule is CCN.CN/C(=C\NC=S)CC1CC=CCCC1. The van der Waals surface area contributed by atoms with Crippen LogP contribution in [0.3, 0.4) is 0 Å². The van der Waals surface area contributed by atoms with E-state index in [0.717, 1.165) is 18.9 Å². The van der Waals surface area contributed by atoms with Crippen molar-refractivity contribution in [2.75, 3.05) is 13.6 Å². The predicted octanol–water partition coefficient (Wildman–Crippen LogP) is 2.70. The van der Waals surface area contributed by atoms with Crippen LogP contribution in [0.1, 0.15) is 39.0 Å². The summed E-state index contributed by atoms with van der Waals surface area (Å²) in [7, 11) is 1.96. The van der Waals surface area contributed by atoms with E-state index in [-0.39, 0.29) is 0 Å². The summed E-state index contributed by atoms with van der Waals surface area (Å²) in [5.74, 6) is 0.773. The molecule has 0 aromatic heterocycles. The zero-order valence-electron chi connectivity index (χ0n) is 11.6. The first-order valence-electron chi connectivity index (χ1n) is 6.70. The van der Waals surface area contributed by atoms with Crippen LogP contribution in [-0.4, -0.2) is 19.1 Å². The molecular formula is C14H27N3S. The van der Waals surface area contributed by atoms with Crippen LogP contribution in [0.15, 0.2) is 24.0 Å². The Bertz CT molecular complexity index is 262. The first-order valence-corrected chi connectivity index (χ1v) is 7.17. The van der Waals surface area contributed by atoms with E-state index in [0.29, 0.717) is 0 Å². The Morgan fingerprint density at radius 2 is 2.22 bits per heavy atom.